The third-order valence-corrected chi connectivity index (χ3v) is 6.73. The molecule has 1 amide bonds. The van der Waals surface area contributed by atoms with Crippen molar-refractivity contribution in [3.8, 4) is 0 Å². The Balaban J connectivity index is 1.31. The molecule has 4 saturated carbocycles. The number of halogens is 3. The molecular formula is C18H27F3N2O2. The van der Waals surface area contributed by atoms with Crippen molar-refractivity contribution in [2.45, 2.75) is 69.2 Å². The zero-order valence-electron chi connectivity index (χ0n) is 14.4. The van der Waals surface area contributed by atoms with Crippen LogP contribution in [0.1, 0.15) is 51.4 Å². The number of hydrogen-bond donors (Lipinski definition) is 2. The van der Waals surface area contributed by atoms with Crippen LogP contribution in [0.25, 0.3) is 0 Å². The monoisotopic (exact) mass is 360 g/mol. The average Bonchev–Trinajstić information content (AvgIpc) is 2.79. The van der Waals surface area contributed by atoms with Crippen LogP contribution < -0.4 is 5.32 Å². The SMILES string of the molecule is O=C(CC12CC3CC(CC(O)(C3)C1)C2)NC1CCN(CC(F)(F)F)C1. The Hall–Kier alpha value is -0.820. The van der Waals surface area contributed by atoms with Gasteiger partial charge in [0.2, 0.25) is 5.91 Å². The first-order valence-corrected chi connectivity index (χ1v) is 9.43. The quantitative estimate of drug-likeness (QED) is 0.810. The van der Waals surface area contributed by atoms with Crippen molar-refractivity contribution in [3.63, 3.8) is 0 Å². The van der Waals surface area contributed by atoms with E-state index in [0.717, 1.165) is 25.7 Å². The molecule has 25 heavy (non-hydrogen) atoms. The van der Waals surface area contributed by atoms with E-state index < -0.39 is 18.3 Å². The largest absolute Gasteiger partial charge is 0.401 e. The number of alkyl halides is 3. The van der Waals surface area contributed by atoms with Gasteiger partial charge in [-0.25, -0.2) is 0 Å². The van der Waals surface area contributed by atoms with Gasteiger partial charge in [0, 0.05) is 25.6 Å². The van der Waals surface area contributed by atoms with Crippen molar-refractivity contribution >= 4 is 5.91 Å². The highest BCUT2D eigenvalue weighted by atomic mass is 19.4. The number of amides is 1. The summed E-state index contributed by atoms with van der Waals surface area (Å²) >= 11 is 0. The molecular weight excluding hydrogens is 333 g/mol. The van der Waals surface area contributed by atoms with Crippen LogP contribution in [0.15, 0.2) is 0 Å². The molecule has 0 aromatic heterocycles. The van der Waals surface area contributed by atoms with Crippen molar-refractivity contribution in [1.82, 2.24) is 10.2 Å². The zero-order chi connectivity index (χ0) is 17.9. The molecule has 3 atom stereocenters. The van der Waals surface area contributed by atoms with Gasteiger partial charge in [-0.2, -0.15) is 13.2 Å². The maximum absolute atomic E-state index is 12.5. The summed E-state index contributed by atoms with van der Waals surface area (Å²) in [6.45, 7) is -0.257. The van der Waals surface area contributed by atoms with Gasteiger partial charge in [-0.1, -0.05) is 0 Å². The highest BCUT2D eigenvalue weighted by Crippen LogP contribution is 2.62. The molecule has 2 N–H and O–H groups in total. The Morgan fingerprint density at radius 2 is 1.88 bits per heavy atom. The topological polar surface area (TPSA) is 52.6 Å². The standard InChI is InChI=1S/C18H27F3N2O2/c19-18(20,21)11-23-2-1-14(9-23)22-15(24)8-16-4-12-3-13(5-16)7-17(25,6-12)10-16/h12-14,25H,1-11H2,(H,22,24). The molecule has 1 saturated heterocycles. The highest BCUT2D eigenvalue weighted by Gasteiger charge is 2.57. The number of hydrogen-bond acceptors (Lipinski definition) is 3. The molecule has 5 rings (SSSR count). The van der Waals surface area contributed by atoms with Gasteiger partial charge in [-0.15, -0.1) is 0 Å². The van der Waals surface area contributed by atoms with Crippen LogP contribution in [-0.4, -0.2) is 53.4 Å². The second-order valence-corrected chi connectivity index (χ2v) is 9.27. The minimum atomic E-state index is -4.19. The van der Waals surface area contributed by atoms with Gasteiger partial charge in [0.25, 0.3) is 0 Å². The fourth-order valence-electron chi connectivity index (χ4n) is 6.58. The summed E-state index contributed by atoms with van der Waals surface area (Å²) in [5, 5.41) is 13.7. The third kappa shape index (κ3) is 3.82. The predicted molar refractivity (Wildman–Crippen MR) is 85.7 cm³/mol. The van der Waals surface area contributed by atoms with Crippen molar-refractivity contribution in [3.05, 3.63) is 0 Å². The molecule has 4 bridgehead atoms. The van der Waals surface area contributed by atoms with Crippen molar-refractivity contribution < 1.29 is 23.1 Å². The van der Waals surface area contributed by atoms with Gasteiger partial charge in [-0.3, -0.25) is 9.69 Å². The summed E-state index contributed by atoms with van der Waals surface area (Å²) in [5.41, 5.74) is -0.672. The molecule has 0 spiro atoms. The molecule has 1 aliphatic heterocycles. The van der Waals surface area contributed by atoms with E-state index in [2.05, 4.69) is 5.32 Å². The molecule has 3 unspecified atom stereocenters. The van der Waals surface area contributed by atoms with Gasteiger partial charge < -0.3 is 10.4 Å². The maximum Gasteiger partial charge on any atom is 0.401 e. The number of aliphatic hydroxyl groups is 1. The summed E-state index contributed by atoms with van der Waals surface area (Å²) < 4.78 is 37.4. The van der Waals surface area contributed by atoms with Crippen LogP contribution in [0, 0.1) is 17.3 Å². The third-order valence-electron chi connectivity index (χ3n) is 6.73. The first-order valence-electron chi connectivity index (χ1n) is 9.43. The van der Waals surface area contributed by atoms with E-state index in [1.54, 1.807) is 0 Å². The molecule has 4 aliphatic carbocycles. The molecule has 7 heteroatoms. The number of rotatable bonds is 4. The first-order chi connectivity index (χ1) is 11.6. The van der Waals surface area contributed by atoms with E-state index in [1.165, 1.54) is 11.3 Å². The summed E-state index contributed by atoms with van der Waals surface area (Å²) in [7, 11) is 0. The lowest BCUT2D eigenvalue weighted by Crippen LogP contribution is -2.56. The lowest BCUT2D eigenvalue weighted by atomic mass is 9.47. The Kier molecular flexibility index (Phi) is 4.11. The van der Waals surface area contributed by atoms with E-state index in [1.807, 2.05) is 0 Å². The van der Waals surface area contributed by atoms with Crippen molar-refractivity contribution in [1.29, 1.82) is 0 Å². The lowest BCUT2D eigenvalue weighted by Gasteiger charge is -2.60. The number of carbonyl (C=O) groups excluding carboxylic acids is 1. The first kappa shape index (κ1) is 17.6. The number of nitrogens with zero attached hydrogens (tertiary/aromatic N) is 1. The molecule has 1 heterocycles. The Labute approximate surface area is 146 Å². The molecule has 0 aromatic carbocycles. The van der Waals surface area contributed by atoms with Crippen LogP contribution in [0.5, 0.6) is 0 Å². The van der Waals surface area contributed by atoms with Gasteiger partial charge >= 0.3 is 6.18 Å². The Bertz CT molecular complexity index is 537. The van der Waals surface area contributed by atoms with Crippen LogP contribution in [0.3, 0.4) is 0 Å². The predicted octanol–water partition coefficient (Wildman–Crippen LogP) is 2.46. The average molecular weight is 360 g/mol. The summed E-state index contributed by atoms with van der Waals surface area (Å²) in [6, 6.07) is -0.188. The molecule has 0 aromatic rings. The van der Waals surface area contributed by atoms with E-state index >= 15 is 0 Å². The van der Waals surface area contributed by atoms with Crippen molar-refractivity contribution in [2.75, 3.05) is 19.6 Å². The van der Waals surface area contributed by atoms with Gasteiger partial charge in [0.05, 0.1) is 12.1 Å². The van der Waals surface area contributed by atoms with Crippen molar-refractivity contribution in [2.24, 2.45) is 17.3 Å². The minimum absolute atomic E-state index is 0.0515. The number of nitrogens with one attached hydrogen (secondary N) is 1. The summed E-state index contributed by atoms with van der Waals surface area (Å²) in [5.74, 6) is 1.02. The minimum Gasteiger partial charge on any atom is -0.390 e. The highest BCUT2D eigenvalue weighted by molar-refractivity contribution is 5.77. The summed E-state index contributed by atoms with van der Waals surface area (Å²) in [6.07, 6.45) is 2.49. The van der Waals surface area contributed by atoms with E-state index in [4.69, 9.17) is 0 Å². The van der Waals surface area contributed by atoms with Crippen LogP contribution in [0.4, 0.5) is 13.2 Å². The molecule has 4 nitrogen and oxygen atoms in total. The smallest absolute Gasteiger partial charge is 0.390 e. The number of likely N-dealkylation sites (tertiary alicyclic amines) is 1. The Morgan fingerprint density at radius 3 is 2.48 bits per heavy atom. The van der Waals surface area contributed by atoms with Crippen LogP contribution in [-0.2, 0) is 4.79 Å². The molecule has 142 valence electrons. The van der Waals surface area contributed by atoms with E-state index in [0.29, 0.717) is 37.6 Å². The molecule has 0 radical (unpaired) electrons. The van der Waals surface area contributed by atoms with Crippen LogP contribution in [0.2, 0.25) is 0 Å². The normalized spacial score (nSPS) is 43.6. The van der Waals surface area contributed by atoms with E-state index in [-0.39, 0.29) is 23.9 Å². The number of carbonyl (C=O) groups is 1. The van der Waals surface area contributed by atoms with Gasteiger partial charge in [0.15, 0.2) is 0 Å². The van der Waals surface area contributed by atoms with E-state index in [9.17, 15) is 23.1 Å². The van der Waals surface area contributed by atoms with Gasteiger partial charge in [0.1, 0.15) is 0 Å². The fourth-order valence-corrected chi connectivity index (χ4v) is 6.58. The lowest BCUT2D eigenvalue weighted by molar-refractivity contribution is -0.169. The molecule has 5 fully saturated rings. The Morgan fingerprint density at radius 1 is 1.20 bits per heavy atom. The van der Waals surface area contributed by atoms with Crippen LogP contribution >= 0.6 is 0 Å². The second kappa shape index (κ2) is 5.84. The zero-order valence-corrected chi connectivity index (χ0v) is 14.4. The molecule has 5 aliphatic rings. The summed E-state index contributed by atoms with van der Waals surface area (Å²) in [4.78, 5) is 13.9. The second-order valence-electron chi connectivity index (χ2n) is 9.27. The van der Waals surface area contributed by atoms with Gasteiger partial charge in [-0.05, 0) is 62.2 Å². The maximum atomic E-state index is 12.5. The fraction of sp³-hybridized carbons (Fsp3) is 0.944.